The molecule has 9 rings (SSSR count). The van der Waals surface area contributed by atoms with E-state index < -0.39 is 29.4 Å². The number of thiazole rings is 1. The summed E-state index contributed by atoms with van der Waals surface area (Å²) in [5.41, 5.74) is 9.49. The fourth-order valence-corrected chi connectivity index (χ4v) is 13.2. The fraction of sp³-hybridized carbons (Fsp3) is 0.615. The summed E-state index contributed by atoms with van der Waals surface area (Å²) >= 11 is 3.07. The van der Waals surface area contributed by atoms with Crippen molar-refractivity contribution in [3.8, 4) is 22.5 Å². The standard InChI is InChI=1S/C52H71N9O7S2/c1-10-60-40-16-15-33-25-35(40)37(44(60)34-13-11-19-53-42(34)32(4)66-9)27-51(5,6)30-67-49(64)38-14-12-20-61(56-38)48(63)36(26-41-54-39(33)28-69-41)45-47(70-45)55-46(62)43(31(2)3)58(8)50(65)59-21-17-52(18-22-59)29-57(7)23-24-68-52/h11,13,15-16,19,25,28,31-32,36,38,43,45,47,56H,10,12,14,17-18,20-24,26-27,29-30H2,1-9H3,(H,55,62)/t32-,36+,38-,43-,45?,47?/m0/s1. The molecule has 4 fully saturated rings. The van der Waals surface area contributed by atoms with Crippen LogP contribution in [-0.2, 0) is 48.0 Å². The number of cyclic esters (lactones) is 1. The molecule has 18 heteroatoms. The van der Waals surface area contributed by atoms with Crippen LogP contribution in [0.2, 0.25) is 0 Å². The number of methoxy groups -OCH3 is 1. The van der Waals surface area contributed by atoms with Crippen LogP contribution < -0.4 is 10.7 Å². The molecule has 3 aromatic heterocycles. The Balaban J connectivity index is 0.994. The number of likely N-dealkylation sites (tertiary alicyclic amines) is 1. The summed E-state index contributed by atoms with van der Waals surface area (Å²) in [6, 6.07) is 9.02. The van der Waals surface area contributed by atoms with Gasteiger partial charge in [0.15, 0.2) is 0 Å². The molecule has 0 saturated carbocycles. The number of morpholine rings is 1. The van der Waals surface area contributed by atoms with Crippen LogP contribution in [0.3, 0.4) is 0 Å². The smallest absolute Gasteiger partial charge is 0.324 e. The first-order valence-corrected chi connectivity index (χ1v) is 26.9. The highest BCUT2D eigenvalue weighted by Gasteiger charge is 2.51. The van der Waals surface area contributed by atoms with Gasteiger partial charge in [0, 0.05) is 104 Å². The van der Waals surface area contributed by atoms with E-state index >= 15 is 0 Å². The number of ether oxygens (including phenoxy) is 3. The van der Waals surface area contributed by atoms with Crippen LogP contribution in [0, 0.1) is 17.3 Å². The van der Waals surface area contributed by atoms with Crippen LogP contribution in [0.4, 0.5) is 4.79 Å². The van der Waals surface area contributed by atoms with Crippen molar-refractivity contribution in [1.82, 2.24) is 45.0 Å². The Kier molecular flexibility index (Phi) is 14.7. The summed E-state index contributed by atoms with van der Waals surface area (Å²) in [5, 5.41) is 8.19. The molecular weight excluding hydrogens is 927 g/mol. The summed E-state index contributed by atoms with van der Waals surface area (Å²) in [5.74, 6) is -1.51. The van der Waals surface area contributed by atoms with E-state index in [0.717, 1.165) is 82.2 Å². The van der Waals surface area contributed by atoms with Crippen molar-refractivity contribution in [3.63, 3.8) is 0 Å². The summed E-state index contributed by atoms with van der Waals surface area (Å²) in [7, 11) is 5.53. The Bertz CT molecular complexity index is 2590. The van der Waals surface area contributed by atoms with Gasteiger partial charge in [0.1, 0.15) is 12.1 Å². The molecule has 0 radical (unpaired) electrons. The number of hydrogen-bond donors (Lipinski definition) is 2. The first-order valence-electron chi connectivity index (χ1n) is 25.1. The summed E-state index contributed by atoms with van der Waals surface area (Å²) in [4.78, 5) is 72.8. The van der Waals surface area contributed by atoms with E-state index in [1.807, 2.05) is 37.9 Å². The minimum Gasteiger partial charge on any atom is -0.464 e. The van der Waals surface area contributed by atoms with Gasteiger partial charge in [-0.1, -0.05) is 33.8 Å². The molecule has 1 aromatic carbocycles. The largest absolute Gasteiger partial charge is 0.464 e. The average Bonchev–Trinajstić information content (AvgIpc) is 3.81. The zero-order chi connectivity index (χ0) is 49.6. The Morgan fingerprint density at radius 3 is 2.61 bits per heavy atom. The molecule has 5 aliphatic heterocycles. The molecular formula is C52H71N9O7S2. The molecule has 4 aromatic rings. The van der Waals surface area contributed by atoms with Gasteiger partial charge in [-0.05, 0) is 88.7 Å². The lowest BCUT2D eigenvalue weighted by molar-refractivity contribution is -0.155. The summed E-state index contributed by atoms with van der Waals surface area (Å²) in [6.07, 6.45) is 5.19. The number of nitrogens with zero attached hydrogens (tertiary/aromatic N) is 7. The van der Waals surface area contributed by atoms with Crippen LogP contribution >= 0.6 is 23.1 Å². The Labute approximate surface area is 420 Å². The van der Waals surface area contributed by atoms with Gasteiger partial charge in [-0.2, -0.15) is 0 Å². The molecule has 4 saturated heterocycles. The lowest BCUT2D eigenvalue weighted by atomic mass is 9.84. The van der Waals surface area contributed by atoms with Gasteiger partial charge >= 0.3 is 12.0 Å². The number of thioether (sulfide) groups is 1. The number of hydrogen-bond acceptors (Lipinski definition) is 13. The lowest BCUT2D eigenvalue weighted by Gasteiger charge is -2.47. The number of urea groups is 1. The van der Waals surface area contributed by atoms with Crippen molar-refractivity contribution in [3.05, 3.63) is 58.2 Å². The zero-order valence-corrected chi connectivity index (χ0v) is 43.9. The number of hydrazine groups is 1. The molecule has 6 atom stereocenters. The van der Waals surface area contributed by atoms with E-state index in [4.69, 9.17) is 24.2 Å². The van der Waals surface area contributed by atoms with Crippen LogP contribution in [0.15, 0.2) is 41.9 Å². The van der Waals surface area contributed by atoms with E-state index in [1.54, 1.807) is 35.8 Å². The fourth-order valence-electron chi connectivity index (χ4n) is 11.2. The van der Waals surface area contributed by atoms with E-state index in [9.17, 15) is 19.2 Å². The number of benzene rings is 1. The highest BCUT2D eigenvalue weighted by atomic mass is 32.2. The van der Waals surface area contributed by atoms with Crippen molar-refractivity contribution in [1.29, 1.82) is 0 Å². The van der Waals surface area contributed by atoms with Crippen LogP contribution in [-0.4, -0.2) is 154 Å². The quantitative estimate of drug-likeness (QED) is 0.134. The van der Waals surface area contributed by atoms with Crippen molar-refractivity contribution in [2.75, 3.05) is 67.1 Å². The molecule has 1 spiro atoms. The molecule has 6 bridgehead atoms. The third-order valence-corrected chi connectivity index (χ3v) is 17.3. The molecule has 2 N–H and O–H groups in total. The monoisotopic (exact) mass is 997 g/mol. The SMILES string of the molecule is CCn1c(-c2cccnc2[C@H](C)OC)c2c3cc(ccc31)-c1csc(n1)C[C@H](C1SC1NC(=O)[C@H](C(C)C)N(C)C(=O)N1CCC3(CC1)CN(C)CCO3)C(=O)N1CCC[C@H](N1)C(=O)OCC(C)(C)C2. The normalized spacial score (nSPS) is 24.8. The second kappa shape index (κ2) is 20.5. The maximum Gasteiger partial charge on any atom is 0.324 e. The maximum atomic E-state index is 14.8. The van der Waals surface area contributed by atoms with Crippen molar-refractivity contribution in [2.24, 2.45) is 17.3 Å². The van der Waals surface area contributed by atoms with Gasteiger partial charge in [0.05, 0.1) is 58.3 Å². The van der Waals surface area contributed by atoms with Gasteiger partial charge in [0.25, 0.3) is 0 Å². The van der Waals surface area contributed by atoms with Crippen LogP contribution in [0.25, 0.3) is 33.4 Å². The van der Waals surface area contributed by atoms with Gasteiger partial charge in [-0.3, -0.25) is 24.4 Å². The van der Waals surface area contributed by atoms with Gasteiger partial charge in [-0.15, -0.1) is 23.1 Å². The molecule has 70 heavy (non-hydrogen) atoms. The van der Waals surface area contributed by atoms with E-state index in [0.29, 0.717) is 51.9 Å². The number of pyridine rings is 1. The maximum absolute atomic E-state index is 14.8. The Hall–Kier alpha value is -4.59. The number of nitrogens with one attached hydrogen (secondary N) is 2. The second-order valence-electron chi connectivity index (χ2n) is 21.2. The number of carbonyl (C=O) groups is 4. The van der Waals surface area contributed by atoms with Crippen molar-refractivity contribution >= 4 is 57.8 Å². The predicted octanol–water partition coefficient (Wildman–Crippen LogP) is 6.76. The lowest BCUT2D eigenvalue weighted by Crippen LogP contribution is -2.60. The number of likely N-dealkylation sites (N-methyl/N-ethyl adjacent to an activating group) is 2. The van der Waals surface area contributed by atoms with E-state index in [2.05, 4.69) is 77.7 Å². The third-order valence-electron chi connectivity index (χ3n) is 15.1. The molecule has 2 unspecified atom stereocenters. The van der Waals surface area contributed by atoms with Gasteiger partial charge in [0.2, 0.25) is 11.8 Å². The number of piperidine rings is 1. The van der Waals surface area contributed by atoms with Crippen LogP contribution in [0.1, 0.15) is 89.6 Å². The summed E-state index contributed by atoms with van der Waals surface area (Å²) < 4.78 is 20.6. The van der Waals surface area contributed by atoms with Crippen molar-refractivity contribution in [2.45, 2.75) is 121 Å². The summed E-state index contributed by atoms with van der Waals surface area (Å²) in [6.45, 7) is 17.2. The Morgan fingerprint density at radius 1 is 1.10 bits per heavy atom. The first kappa shape index (κ1) is 50.4. The van der Waals surface area contributed by atoms with E-state index in [1.165, 1.54) is 11.3 Å². The number of carbonyl (C=O) groups excluding carboxylic acids is 4. The van der Waals surface area contributed by atoms with Crippen molar-refractivity contribution < 1.29 is 33.4 Å². The molecule has 8 heterocycles. The Morgan fingerprint density at radius 2 is 1.89 bits per heavy atom. The molecule has 5 aliphatic rings. The first-order chi connectivity index (χ1) is 33.5. The van der Waals surface area contributed by atoms with Crippen LogP contribution in [0.5, 0.6) is 0 Å². The second-order valence-corrected chi connectivity index (χ2v) is 23.5. The zero-order valence-electron chi connectivity index (χ0n) is 42.3. The molecule has 378 valence electrons. The number of aromatic nitrogens is 3. The molecule has 4 amide bonds. The average molecular weight is 998 g/mol. The number of fused-ring (bicyclic) bond motifs is 6. The number of amides is 4. The highest BCUT2D eigenvalue weighted by Crippen LogP contribution is 2.47. The third kappa shape index (κ3) is 10.2. The van der Waals surface area contributed by atoms with Gasteiger partial charge in [-0.25, -0.2) is 15.2 Å². The topological polar surface area (TPSA) is 164 Å². The molecule has 0 aliphatic carbocycles. The van der Waals surface area contributed by atoms with E-state index in [-0.39, 0.29) is 52.7 Å². The number of aryl methyl sites for hydroxylation is 1. The number of esters is 1. The number of rotatable bonds is 9. The van der Waals surface area contributed by atoms with Gasteiger partial charge < -0.3 is 38.8 Å². The minimum absolute atomic E-state index is 0.147. The minimum atomic E-state index is -0.714. The highest BCUT2D eigenvalue weighted by molar-refractivity contribution is 8.07. The predicted molar refractivity (Wildman–Crippen MR) is 273 cm³/mol. The molecule has 16 nitrogen and oxygen atoms in total.